The molecule has 0 radical (unpaired) electrons. The summed E-state index contributed by atoms with van der Waals surface area (Å²) in [5, 5.41) is 0. The van der Waals surface area contributed by atoms with Crippen LogP contribution in [0.1, 0.15) is 16.1 Å². The van der Waals surface area contributed by atoms with Gasteiger partial charge < -0.3 is 5.73 Å². The molecule has 0 aliphatic heterocycles. The van der Waals surface area contributed by atoms with Gasteiger partial charge in [-0.3, -0.25) is 9.36 Å². The predicted molar refractivity (Wildman–Crippen MR) is 54.6 cm³/mol. The number of pyridine rings is 1. The van der Waals surface area contributed by atoms with E-state index in [-0.39, 0.29) is 0 Å². The smallest absolute Gasteiger partial charge is 0.252 e. The number of primary amides is 1. The van der Waals surface area contributed by atoms with Crippen LogP contribution in [0.3, 0.4) is 0 Å². The van der Waals surface area contributed by atoms with E-state index in [0.29, 0.717) is 11.4 Å². The van der Waals surface area contributed by atoms with Crippen molar-refractivity contribution in [3.05, 3.63) is 42.1 Å². The summed E-state index contributed by atoms with van der Waals surface area (Å²) in [5.41, 5.74) is 6.47. The number of carbonyl (C=O) groups is 1. The summed E-state index contributed by atoms with van der Waals surface area (Å²) in [7, 11) is 0. The van der Waals surface area contributed by atoms with Crippen LogP contribution in [0.15, 0.2) is 30.9 Å². The maximum absolute atomic E-state index is 11.2. The van der Waals surface area contributed by atoms with Crippen molar-refractivity contribution in [3.8, 4) is 5.82 Å². The number of imidazole rings is 1. The second-order valence-corrected chi connectivity index (χ2v) is 3.16. The monoisotopic (exact) mass is 202 g/mol. The number of hydrogen-bond acceptors (Lipinski definition) is 3. The molecule has 0 atom stereocenters. The lowest BCUT2D eigenvalue weighted by Gasteiger charge is -2.06. The Morgan fingerprint density at radius 2 is 2.27 bits per heavy atom. The lowest BCUT2D eigenvalue weighted by Crippen LogP contribution is -2.15. The molecule has 0 unspecified atom stereocenters. The Balaban J connectivity index is 2.63. The Morgan fingerprint density at radius 3 is 2.87 bits per heavy atom. The second-order valence-electron chi connectivity index (χ2n) is 3.16. The van der Waals surface area contributed by atoms with Gasteiger partial charge >= 0.3 is 0 Å². The molecule has 2 aromatic heterocycles. The number of hydrogen-bond donors (Lipinski definition) is 1. The lowest BCUT2D eigenvalue weighted by atomic mass is 10.2. The van der Waals surface area contributed by atoms with Gasteiger partial charge in [-0.15, -0.1) is 0 Å². The zero-order valence-corrected chi connectivity index (χ0v) is 8.21. The molecule has 0 bridgehead atoms. The highest BCUT2D eigenvalue weighted by Crippen LogP contribution is 2.11. The molecule has 0 fully saturated rings. The minimum atomic E-state index is -0.494. The van der Waals surface area contributed by atoms with Crippen molar-refractivity contribution in [2.24, 2.45) is 5.73 Å². The minimum absolute atomic E-state index is 0.388. The highest BCUT2D eigenvalue weighted by atomic mass is 16.1. The van der Waals surface area contributed by atoms with Crippen molar-refractivity contribution in [1.29, 1.82) is 0 Å². The van der Waals surface area contributed by atoms with Crippen LogP contribution in [-0.4, -0.2) is 20.4 Å². The fraction of sp³-hybridized carbons (Fsp3) is 0.100. The first-order chi connectivity index (χ1) is 7.18. The summed E-state index contributed by atoms with van der Waals surface area (Å²) in [4.78, 5) is 19.3. The minimum Gasteiger partial charge on any atom is -0.365 e. The molecule has 2 rings (SSSR count). The summed E-state index contributed by atoms with van der Waals surface area (Å²) < 4.78 is 1.66. The van der Waals surface area contributed by atoms with Crippen molar-refractivity contribution < 1.29 is 4.79 Å². The molecule has 0 saturated heterocycles. The van der Waals surface area contributed by atoms with Crippen LogP contribution in [-0.2, 0) is 0 Å². The van der Waals surface area contributed by atoms with Gasteiger partial charge in [0.15, 0.2) is 5.82 Å². The standard InChI is InChI=1S/C10H10N4O/c1-7-2-3-8(9(11)15)10(13-7)14-5-4-12-6-14/h2-6H,1H3,(H2,11,15). The van der Waals surface area contributed by atoms with Gasteiger partial charge in [0.05, 0.1) is 5.56 Å². The van der Waals surface area contributed by atoms with E-state index in [1.54, 1.807) is 35.4 Å². The molecule has 0 aliphatic carbocycles. The molecule has 5 heteroatoms. The molecule has 0 aliphatic rings. The van der Waals surface area contributed by atoms with Crippen LogP contribution < -0.4 is 5.73 Å². The van der Waals surface area contributed by atoms with E-state index in [1.165, 1.54) is 0 Å². The first-order valence-corrected chi connectivity index (χ1v) is 4.44. The van der Waals surface area contributed by atoms with Crippen molar-refractivity contribution in [2.45, 2.75) is 6.92 Å². The largest absolute Gasteiger partial charge is 0.365 e. The van der Waals surface area contributed by atoms with Crippen LogP contribution in [0.2, 0.25) is 0 Å². The fourth-order valence-electron chi connectivity index (χ4n) is 1.32. The average Bonchev–Trinajstić information content (AvgIpc) is 2.69. The number of nitrogens with two attached hydrogens (primary N) is 1. The molecule has 1 amide bonds. The molecule has 5 nitrogen and oxygen atoms in total. The van der Waals surface area contributed by atoms with Crippen LogP contribution in [0, 0.1) is 6.92 Å². The highest BCUT2D eigenvalue weighted by molar-refractivity contribution is 5.95. The van der Waals surface area contributed by atoms with E-state index in [1.807, 2.05) is 6.92 Å². The van der Waals surface area contributed by atoms with Gasteiger partial charge in [-0.1, -0.05) is 0 Å². The number of aromatic nitrogens is 3. The molecule has 15 heavy (non-hydrogen) atoms. The molecule has 0 spiro atoms. The van der Waals surface area contributed by atoms with E-state index < -0.39 is 5.91 Å². The Labute approximate surface area is 86.6 Å². The molecular weight excluding hydrogens is 192 g/mol. The van der Waals surface area contributed by atoms with Crippen molar-refractivity contribution in [1.82, 2.24) is 14.5 Å². The maximum Gasteiger partial charge on any atom is 0.252 e. The normalized spacial score (nSPS) is 10.2. The van der Waals surface area contributed by atoms with Gasteiger partial charge in [0.2, 0.25) is 0 Å². The fourth-order valence-corrected chi connectivity index (χ4v) is 1.32. The molecule has 76 valence electrons. The number of rotatable bonds is 2. The third kappa shape index (κ3) is 1.71. The quantitative estimate of drug-likeness (QED) is 0.778. The van der Waals surface area contributed by atoms with E-state index in [2.05, 4.69) is 9.97 Å². The maximum atomic E-state index is 11.2. The molecule has 0 saturated carbocycles. The number of aryl methyl sites for hydroxylation is 1. The first kappa shape index (κ1) is 9.39. The summed E-state index contributed by atoms with van der Waals surface area (Å²) >= 11 is 0. The molecular formula is C10H10N4O. The van der Waals surface area contributed by atoms with Crippen molar-refractivity contribution in [3.63, 3.8) is 0 Å². The van der Waals surface area contributed by atoms with E-state index in [9.17, 15) is 4.79 Å². The Bertz CT molecular complexity index is 490. The van der Waals surface area contributed by atoms with E-state index in [0.717, 1.165) is 5.69 Å². The topological polar surface area (TPSA) is 73.8 Å². The molecule has 0 aromatic carbocycles. The highest BCUT2D eigenvalue weighted by Gasteiger charge is 2.10. The second kappa shape index (κ2) is 3.53. The SMILES string of the molecule is Cc1ccc(C(N)=O)c(-n2ccnc2)n1. The van der Waals surface area contributed by atoms with Gasteiger partial charge in [-0.2, -0.15) is 0 Å². The lowest BCUT2D eigenvalue weighted by molar-refractivity contribution is 0.1000. The molecule has 2 heterocycles. The van der Waals surface area contributed by atoms with Gasteiger partial charge in [-0.25, -0.2) is 9.97 Å². The van der Waals surface area contributed by atoms with E-state index >= 15 is 0 Å². The van der Waals surface area contributed by atoms with Crippen LogP contribution in [0.4, 0.5) is 0 Å². The van der Waals surface area contributed by atoms with Crippen LogP contribution in [0.5, 0.6) is 0 Å². The Morgan fingerprint density at radius 1 is 1.47 bits per heavy atom. The van der Waals surface area contributed by atoms with Gasteiger partial charge in [0.25, 0.3) is 5.91 Å². The Kier molecular flexibility index (Phi) is 2.21. The number of amides is 1. The number of nitrogens with zero attached hydrogens (tertiary/aromatic N) is 3. The molecule has 2 N–H and O–H groups in total. The van der Waals surface area contributed by atoms with Crippen LogP contribution in [0.25, 0.3) is 5.82 Å². The van der Waals surface area contributed by atoms with Crippen LogP contribution >= 0.6 is 0 Å². The first-order valence-electron chi connectivity index (χ1n) is 4.44. The third-order valence-corrected chi connectivity index (χ3v) is 2.03. The summed E-state index contributed by atoms with van der Waals surface area (Å²) in [6, 6.07) is 3.42. The summed E-state index contributed by atoms with van der Waals surface area (Å²) in [5.74, 6) is 0.0196. The predicted octanol–water partition coefficient (Wildman–Crippen LogP) is 0.675. The van der Waals surface area contributed by atoms with Gasteiger partial charge in [0.1, 0.15) is 6.33 Å². The van der Waals surface area contributed by atoms with Gasteiger partial charge in [-0.05, 0) is 19.1 Å². The van der Waals surface area contributed by atoms with Crippen molar-refractivity contribution in [2.75, 3.05) is 0 Å². The average molecular weight is 202 g/mol. The third-order valence-electron chi connectivity index (χ3n) is 2.03. The zero-order chi connectivity index (χ0) is 10.8. The van der Waals surface area contributed by atoms with Crippen molar-refractivity contribution >= 4 is 5.91 Å². The summed E-state index contributed by atoms with van der Waals surface area (Å²) in [6.45, 7) is 1.85. The van der Waals surface area contributed by atoms with E-state index in [4.69, 9.17) is 5.73 Å². The number of carbonyl (C=O) groups excluding carboxylic acids is 1. The Hall–Kier alpha value is -2.17. The zero-order valence-electron chi connectivity index (χ0n) is 8.21. The van der Waals surface area contributed by atoms with Gasteiger partial charge in [0, 0.05) is 18.1 Å². The molecule has 2 aromatic rings. The summed E-state index contributed by atoms with van der Waals surface area (Å²) in [6.07, 6.45) is 4.91.